The molecule has 0 bridgehead atoms. The van der Waals surface area contributed by atoms with Gasteiger partial charge in [0.15, 0.2) is 0 Å². The quantitative estimate of drug-likeness (QED) is 0.587. The first-order chi connectivity index (χ1) is 15.9. The molecule has 0 aliphatic carbocycles. The summed E-state index contributed by atoms with van der Waals surface area (Å²) in [6, 6.07) is 1.87. The number of aromatic nitrogens is 2. The number of anilines is 3. The Kier molecular flexibility index (Phi) is 7.24. The Balaban J connectivity index is 2.02. The molecule has 1 aliphatic heterocycles. The largest absolute Gasteiger partial charge is 0.573 e. The van der Waals surface area contributed by atoms with E-state index in [1.807, 2.05) is 0 Å². The van der Waals surface area contributed by atoms with Crippen molar-refractivity contribution in [1.29, 1.82) is 0 Å². The van der Waals surface area contributed by atoms with E-state index in [1.54, 1.807) is 0 Å². The van der Waals surface area contributed by atoms with Gasteiger partial charge in [-0.05, 0) is 6.07 Å². The lowest BCUT2D eigenvalue weighted by Crippen LogP contribution is -2.41. The van der Waals surface area contributed by atoms with Crippen LogP contribution in [-0.2, 0) is 10.9 Å². The van der Waals surface area contributed by atoms with E-state index >= 15 is 0 Å². The monoisotopic (exact) mass is 495 g/mol. The van der Waals surface area contributed by atoms with Crippen molar-refractivity contribution in [3.63, 3.8) is 0 Å². The summed E-state index contributed by atoms with van der Waals surface area (Å²) in [5.74, 6) is -2.61. The number of carbonyl (C=O) groups excluding carboxylic acids is 1. The van der Waals surface area contributed by atoms with Crippen molar-refractivity contribution >= 4 is 23.4 Å². The maximum absolute atomic E-state index is 13.1. The second kappa shape index (κ2) is 9.79. The fraction of sp³-hybridized carbons (Fsp3) is 0.421. The molecular formula is C19H19F6N5O4. The van der Waals surface area contributed by atoms with Crippen LogP contribution < -0.4 is 20.1 Å². The summed E-state index contributed by atoms with van der Waals surface area (Å²) < 4.78 is 92.8. The van der Waals surface area contributed by atoms with Crippen LogP contribution >= 0.6 is 0 Å². The van der Waals surface area contributed by atoms with Gasteiger partial charge in [0.2, 0.25) is 5.95 Å². The average Bonchev–Trinajstić information content (AvgIpc) is 2.77. The SMILES string of the molecule is CNc1nc(Nc2cc(OC(F)(F)F)c(C(=O)N3CCOCC3)cc2OC)ncc1C(F)(F)F. The number of hydrogen-bond donors (Lipinski definition) is 2. The number of halogens is 6. The zero-order valence-electron chi connectivity index (χ0n) is 17.8. The van der Waals surface area contributed by atoms with Gasteiger partial charge in [-0.3, -0.25) is 4.79 Å². The van der Waals surface area contributed by atoms with Gasteiger partial charge in [0, 0.05) is 32.4 Å². The Morgan fingerprint density at radius 2 is 1.79 bits per heavy atom. The number of alkyl halides is 6. The molecule has 9 nitrogen and oxygen atoms in total. The second-order valence-electron chi connectivity index (χ2n) is 6.83. The molecular weight excluding hydrogens is 476 g/mol. The lowest BCUT2D eigenvalue weighted by molar-refractivity contribution is -0.274. The Morgan fingerprint density at radius 1 is 1.12 bits per heavy atom. The summed E-state index contributed by atoms with van der Waals surface area (Å²) in [6.45, 7) is 0.770. The first kappa shape index (κ1) is 25.1. The smallest absolute Gasteiger partial charge is 0.495 e. The molecule has 1 aromatic heterocycles. The molecule has 2 heterocycles. The van der Waals surface area contributed by atoms with Crippen molar-refractivity contribution in [3.8, 4) is 11.5 Å². The van der Waals surface area contributed by atoms with Crippen molar-refractivity contribution in [2.75, 3.05) is 51.1 Å². The van der Waals surface area contributed by atoms with Crippen LogP contribution in [0.4, 0.5) is 43.8 Å². The first-order valence-electron chi connectivity index (χ1n) is 9.66. The highest BCUT2D eigenvalue weighted by Gasteiger charge is 2.36. The molecule has 2 N–H and O–H groups in total. The van der Waals surface area contributed by atoms with Crippen LogP contribution in [0.5, 0.6) is 11.5 Å². The predicted octanol–water partition coefficient (Wildman–Crippen LogP) is 3.66. The lowest BCUT2D eigenvalue weighted by atomic mass is 10.1. The van der Waals surface area contributed by atoms with Crippen molar-refractivity contribution in [2.45, 2.75) is 12.5 Å². The maximum atomic E-state index is 13.1. The van der Waals surface area contributed by atoms with Gasteiger partial charge in [0.05, 0.1) is 31.6 Å². The van der Waals surface area contributed by atoms with E-state index in [-0.39, 0.29) is 43.7 Å². The van der Waals surface area contributed by atoms with E-state index in [2.05, 4.69) is 25.3 Å². The Labute approximate surface area is 189 Å². The zero-order valence-corrected chi connectivity index (χ0v) is 17.8. The van der Waals surface area contributed by atoms with Crippen molar-refractivity contribution < 1.29 is 45.3 Å². The summed E-state index contributed by atoms with van der Waals surface area (Å²) >= 11 is 0. The van der Waals surface area contributed by atoms with Gasteiger partial charge in [-0.25, -0.2) is 4.98 Å². The van der Waals surface area contributed by atoms with Crippen LogP contribution in [0.3, 0.4) is 0 Å². The fourth-order valence-electron chi connectivity index (χ4n) is 3.10. The molecule has 2 aromatic rings. The number of carbonyl (C=O) groups is 1. The van der Waals surface area contributed by atoms with Gasteiger partial charge in [-0.2, -0.15) is 18.2 Å². The maximum Gasteiger partial charge on any atom is 0.573 e. The summed E-state index contributed by atoms with van der Waals surface area (Å²) in [4.78, 5) is 21.4. The molecule has 34 heavy (non-hydrogen) atoms. The molecule has 1 fully saturated rings. The molecule has 0 radical (unpaired) electrons. The topological polar surface area (TPSA) is 97.8 Å². The minimum Gasteiger partial charge on any atom is -0.495 e. The normalized spacial score (nSPS) is 14.5. The molecule has 1 saturated heterocycles. The van der Waals surface area contributed by atoms with Crippen LogP contribution in [0.2, 0.25) is 0 Å². The number of nitrogens with zero attached hydrogens (tertiary/aromatic N) is 3. The van der Waals surface area contributed by atoms with Gasteiger partial charge in [0.25, 0.3) is 5.91 Å². The van der Waals surface area contributed by atoms with Gasteiger partial charge in [-0.15, -0.1) is 13.2 Å². The number of ether oxygens (including phenoxy) is 3. The highest BCUT2D eigenvalue weighted by Crippen LogP contribution is 2.38. The van der Waals surface area contributed by atoms with Crippen molar-refractivity contribution in [1.82, 2.24) is 14.9 Å². The first-order valence-corrected chi connectivity index (χ1v) is 9.66. The van der Waals surface area contributed by atoms with E-state index in [9.17, 15) is 31.1 Å². The minimum absolute atomic E-state index is 0.0966. The predicted molar refractivity (Wildman–Crippen MR) is 106 cm³/mol. The van der Waals surface area contributed by atoms with E-state index < -0.39 is 41.1 Å². The van der Waals surface area contributed by atoms with Gasteiger partial charge in [0.1, 0.15) is 22.9 Å². The highest BCUT2D eigenvalue weighted by atomic mass is 19.4. The Morgan fingerprint density at radius 3 is 2.35 bits per heavy atom. The molecule has 1 aromatic carbocycles. The summed E-state index contributed by atoms with van der Waals surface area (Å²) in [5.41, 5.74) is -1.74. The van der Waals surface area contributed by atoms with E-state index in [1.165, 1.54) is 19.1 Å². The number of hydrogen-bond acceptors (Lipinski definition) is 8. The van der Waals surface area contributed by atoms with Crippen molar-refractivity contribution in [3.05, 3.63) is 29.5 Å². The van der Waals surface area contributed by atoms with E-state index in [0.717, 1.165) is 12.1 Å². The molecule has 1 aliphatic rings. The molecule has 0 spiro atoms. The Bertz CT molecular complexity index is 1040. The molecule has 15 heteroatoms. The van der Waals surface area contributed by atoms with Gasteiger partial charge in [-0.1, -0.05) is 0 Å². The second-order valence-corrected chi connectivity index (χ2v) is 6.83. The summed E-state index contributed by atoms with van der Waals surface area (Å²) in [6.07, 6.45) is -9.35. The minimum atomic E-state index is -5.13. The van der Waals surface area contributed by atoms with E-state index in [4.69, 9.17) is 9.47 Å². The number of rotatable bonds is 6. The summed E-state index contributed by atoms with van der Waals surface area (Å²) in [5, 5.41) is 4.79. The number of morpholine rings is 1. The molecule has 1 amide bonds. The molecule has 0 unspecified atom stereocenters. The van der Waals surface area contributed by atoms with Crippen molar-refractivity contribution in [2.24, 2.45) is 0 Å². The van der Waals surface area contributed by atoms with Gasteiger partial charge >= 0.3 is 12.5 Å². The number of benzene rings is 1. The van der Waals surface area contributed by atoms with Crippen LogP contribution in [0.1, 0.15) is 15.9 Å². The van der Waals surface area contributed by atoms with Gasteiger partial charge < -0.3 is 29.7 Å². The van der Waals surface area contributed by atoms with Crippen LogP contribution in [0.15, 0.2) is 18.3 Å². The molecule has 0 saturated carbocycles. The molecule has 3 rings (SSSR count). The third-order valence-corrected chi connectivity index (χ3v) is 4.63. The average molecular weight is 495 g/mol. The molecule has 0 atom stereocenters. The zero-order chi connectivity index (χ0) is 25.1. The fourth-order valence-corrected chi connectivity index (χ4v) is 3.10. The van der Waals surface area contributed by atoms with Crippen LogP contribution in [0.25, 0.3) is 0 Å². The summed E-state index contributed by atoms with van der Waals surface area (Å²) in [7, 11) is 2.41. The number of amides is 1. The lowest BCUT2D eigenvalue weighted by Gasteiger charge is -2.28. The molecule has 186 valence electrons. The van der Waals surface area contributed by atoms with Crippen LogP contribution in [0, 0.1) is 0 Å². The third-order valence-electron chi connectivity index (χ3n) is 4.63. The Hall–Kier alpha value is -3.49. The third kappa shape index (κ3) is 5.89. The number of methoxy groups -OCH3 is 1. The highest BCUT2D eigenvalue weighted by molar-refractivity contribution is 5.98. The van der Waals surface area contributed by atoms with Crippen LogP contribution in [-0.4, -0.2) is 67.6 Å². The van der Waals surface area contributed by atoms with E-state index in [0.29, 0.717) is 6.20 Å². The standard InChI is InChI=1S/C19H19F6N5O4/c1-26-15-11(18(20,21)22)9-27-17(29-15)28-12-8-13(34-19(23,24)25)10(7-14(12)32-2)16(31)30-3-5-33-6-4-30/h7-9H,3-6H2,1-2H3,(H2,26,27,28,29). The number of nitrogens with one attached hydrogen (secondary N) is 2.